The lowest BCUT2D eigenvalue weighted by Gasteiger charge is -2.50. The van der Waals surface area contributed by atoms with Crippen LogP contribution in [0.3, 0.4) is 0 Å². The molecule has 4 N–H and O–H groups in total. The topological polar surface area (TPSA) is 195 Å². The second-order valence-corrected chi connectivity index (χ2v) is 17.7. The van der Waals surface area contributed by atoms with Gasteiger partial charge in [0.2, 0.25) is 0 Å². The Hall–Kier alpha value is -1.34. The van der Waals surface area contributed by atoms with Crippen LogP contribution in [0.4, 0.5) is 0 Å². The van der Waals surface area contributed by atoms with E-state index in [4.69, 9.17) is 37.9 Å². The van der Waals surface area contributed by atoms with E-state index in [-0.39, 0.29) is 49.9 Å². The van der Waals surface area contributed by atoms with Crippen molar-refractivity contribution in [3.63, 3.8) is 0 Å². The summed E-state index contributed by atoms with van der Waals surface area (Å²) in [5, 5.41) is 46.0. The summed E-state index contributed by atoms with van der Waals surface area (Å²) in [6.07, 6.45) is -9.11. The second-order valence-electron chi connectivity index (χ2n) is 17.7. The zero-order chi connectivity index (χ0) is 41.4. The van der Waals surface area contributed by atoms with E-state index in [1.165, 1.54) is 14.0 Å². The van der Waals surface area contributed by atoms with E-state index in [2.05, 4.69) is 0 Å². The van der Waals surface area contributed by atoms with Gasteiger partial charge in [-0.1, -0.05) is 27.7 Å². The number of esters is 1. The van der Waals surface area contributed by atoms with E-state index < -0.39 is 102 Å². The van der Waals surface area contributed by atoms with Crippen LogP contribution in [-0.4, -0.2) is 162 Å². The maximum Gasteiger partial charge on any atom is 0.311 e. The summed E-state index contributed by atoms with van der Waals surface area (Å²) in [6.45, 7) is 17.8. The van der Waals surface area contributed by atoms with E-state index in [0.717, 1.165) is 0 Å². The van der Waals surface area contributed by atoms with Crippen LogP contribution in [-0.2, 0) is 47.5 Å². The molecule has 0 amide bonds. The van der Waals surface area contributed by atoms with Gasteiger partial charge in [-0.15, -0.1) is 0 Å². The smallest absolute Gasteiger partial charge is 0.311 e. The number of ether oxygens (including phenoxy) is 8. The number of hydrogen-bond donors (Lipinski definition) is 4. The van der Waals surface area contributed by atoms with Crippen molar-refractivity contribution >= 4 is 11.8 Å². The van der Waals surface area contributed by atoms with Crippen LogP contribution in [0.2, 0.25) is 0 Å². The molecule has 0 aromatic rings. The average molecular weight is 790 g/mol. The molecule has 0 aliphatic carbocycles. The van der Waals surface area contributed by atoms with Crippen LogP contribution in [0.5, 0.6) is 0 Å². The van der Waals surface area contributed by atoms with Crippen LogP contribution < -0.4 is 0 Å². The molecular weight excluding hydrogens is 718 g/mol. The Bertz CT molecular complexity index is 1280. The van der Waals surface area contributed by atoms with Gasteiger partial charge in [0.1, 0.15) is 35.8 Å². The molecule has 4 rings (SSSR count). The Morgan fingerprint density at radius 1 is 0.891 bits per heavy atom. The first-order valence-electron chi connectivity index (χ1n) is 20.1. The third-order valence-electron chi connectivity index (χ3n) is 12.8. The van der Waals surface area contributed by atoms with Crippen molar-refractivity contribution in [1.29, 1.82) is 0 Å². The molecule has 4 aliphatic heterocycles. The second kappa shape index (κ2) is 18.3. The number of Topliss-reactive ketones (excluding diaryl/α,β-unsaturated/α-hetero) is 1. The van der Waals surface area contributed by atoms with E-state index in [1.807, 2.05) is 39.8 Å². The van der Waals surface area contributed by atoms with Crippen molar-refractivity contribution in [3.05, 3.63) is 0 Å². The molecule has 0 spiro atoms. The number of methoxy groups -OCH3 is 1. The van der Waals surface area contributed by atoms with E-state index in [1.54, 1.807) is 41.5 Å². The fourth-order valence-electron chi connectivity index (χ4n) is 8.97. The van der Waals surface area contributed by atoms with Crippen LogP contribution in [0.15, 0.2) is 0 Å². The molecule has 4 aliphatic rings. The summed E-state index contributed by atoms with van der Waals surface area (Å²) in [7, 11) is 5.27. The summed E-state index contributed by atoms with van der Waals surface area (Å²) in [5.41, 5.74) is -4.32. The number of cyclic esters (lactones) is 1. The minimum Gasteiger partial charge on any atom is -0.459 e. The molecule has 320 valence electrons. The summed E-state index contributed by atoms with van der Waals surface area (Å²) < 4.78 is 50.3. The average Bonchev–Trinajstić information content (AvgIpc) is 3.96. The van der Waals surface area contributed by atoms with Crippen LogP contribution in [0.1, 0.15) is 94.9 Å². The summed E-state index contributed by atoms with van der Waals surface area (Å²) in [6, 6.07) is -0.299. The standard InChI is InChI=1S/C40H71NO14/c1-14-28-40(10,47)33(44)22(4)30(42)20(2)16-39(9,50-19-26-18-49-26)35(55-37-31(43)27(41(11)12)15-21(3)51-37)23(5)32(24(6)36(46)53-28)54-29-17-38(8,48-13)34(45)25(7)52-29/h20-29,31-35,37,43-45,47H,14-19H2,1-13H3/t20-,21-,22+,23+,24-,25+,26?,27+,28-,29+,31-,32+,33-,34+,35-,37+,38-,39+,40-/m1/s1. The zero-order valence-corrected chi connectivity index (χ0v) is 35.3. The minimum absolute atomic E-state index is 0.0932. The molecule has 0 bridgehead atoms. The molecule has 4 fully saturated rings. The molecule has 15 nitrogen and oxygen atoms in total. The Morgan fingerprint density at radius 2 is 1.53 bits per heavy atom. The van der Waals surface area contributed by atoms with Crippen LogP contribution >= 0.6 is 0 Å². The van der Waals surface area contributed by atoms with Gasteiger partial charge in [0.25, 0.3) is 0 Å². The molecular formula is C40H71NO14. The Morgan fingerprint density at radius 3 is 2.09 bits per heavy atom. The predicted molar refractivity (Wildman–Crippen MR) is 200 cm³/mol. The number of rotatable bonds is 10. The lowest BCUT2D eigenvalue weighted by Crippen LogP contribution is -2.61. The largest absolute Gasteiger partial charge is 0.459 e. The number of carbonyl (C=O) groups excluding carboxylic acids is 2. The van der Waals surface area contributed by atoms with E-state index in [0.29, 0.717) is 13.0 Å². The number of hydrogen-bond acceptors (Lipinski definition) is 15. The first-order valence-corrected chi connectivity index (χ1v) is 20.1. The van der Waals surface area contributed by atoms with Gasteiger partial charge in [0.15, 0.2) is 12.6 Å². The Balaban J connectivity index is 1.89. The van der Waals surface area contributed by atoms with Crippen molar-refractivity contribution in [2.75, 3.05) is 34.4 Å². The highest BCUT2D eigenvalue weighted by Gasteiger charge is 2.54. The SMILES string of the molecule is CC[C@H]1OC(=O)[C@H](C)[C@@H](O[C@H]2C[C@@](C)(OC)[C@@H](O)[C@H](C)O2)[C@H](C)[C@@H](O[C@@H]2O[C@H](C)C[C@H](N(C)C)[C@H]2O)[C@@](C)(OCC2CO2)C[C@@H](C)C(=O)[C@H](C)[C@@H](O)[C@]1(C)O. The number of aliphatic hydroxyl groups excluding tert-OH is 3. The molecule has 0 radical (unpaired) electrons. The van der Waals surface area contributed by atoms with Gasteiger partial charge in [-0.25, -0.2) is 0 Å². The number of nitrogens with zero attached hydrogens (tertiary/aromatic N) is 1. The Labute approximate surface area is 327 Å². The van der Waals surface area contributed by atoms with Gasteiger partial charge in [-0.2, -0.15) is 0 Å². The maximum atomic E-state index is 14.3. The number of epoxide rings is 1. The number of aliphatic hydroxyl groups is 4. The molecule has 4 heterocycles. The fourth-order valence-corrected chi connectivity index (χ4v) is 8.97. The van der Waals surface area contributed by atoms with Crippen molar-refractivity contribution < 1.29 is 67.9 Å². The highest BCUT2D eigenvalue weighted by atomic mass is 16.7. The zero-order valence-electron chi connectivity index (χ0n) is 35.3. The molecule has 15 heteroatoms. The lowest BCUT2D eigenvalue weighted by atomic mass is 9.73. The van der Waals surface area contributed by atoms with Crippen LogP contribution in [0, 0.1) is 23.7 Å². The molecule has 0 saturated carbocycles. The van der Waals surface area contributed by atoms with Gasteiger partial charge in [0.05, 0.1) is 60.9 Å². The normalized spacial score (nSPS) is 49.3. The summed E-state index contributed by atoms with van der Waals surface area (Å²) in [5.74, 6) is -4.57. The minimum atomic E-state index is -1.98. The molecule has 55 heavy (non-hydrogen) atoms. The van der Waals surface area contributed by atoms with Crippen molar-refractivity contribution in [1.82, 2.24) is 4.90 Å². The Kier molecular flexibility index (Phi) is 15.4. The fraction of sp³-hybridized carbons (Fsp3) is 0.950. The van der Waals surface area contributed by atoms with Gasteiger partial charge in [0, 0.05) is 37.3 Å². The lowest BCUT2D eigenvalue weighted by molar-refractivity contribution is -0.320. The molecule has 1 unspecified atom stereocenters. The first kappa shape index (κ1) is 46.4. The van der Waals surface area contributed by atoms with Crippen LogP contribution in [0.25, 0.3) is 0 Å². The third kappa shape index (κ3) is 10.3. The number of likely N-dealkylation sites (N-methyl/N-ethyl adjacent to an activating group) is 1. The molecule has 4 saturated heterocycles. The summed E-state index contributed by atoms with van der Waals surface area (Å²) >= 11 is 0. The quantitative estimate of drug-likeness (QED) is 0.186. The maximum absolute atomic E-state index is 14.3. The predicted octanol–water partition coefficient (Wildman–Crippen LogP) is 2.21. The number of ketones is 1. The highest BCUT2D eigenvalue weighted by molar-refractivity contribution is 5.83. The molecule has 19 atom stereocenters. The first-order chi connectivity index (χ1) is 25.5. The van der Waals surface area contributed by atoms with Gasteiger partial charge in [-0.05, 0) is 74.9 Å². The van der Waals surface area contributed by atoms with Crippen molar-refractivity contribution in [2.45, 2.75) is 185 Å². The van der Waals surface area contributed by atoms with Gasteiger partial charge >= 0.3 is 5.97 Å². The van der Waals surface area contributed by atoms with Gasteiger partial charge in [-0.3, -0.25) is 9.59 Å². The van der Waals surface area contributed by atoms with E-state index in [9.17, 15) is 30.0 Å². The monoisotopic (exact) mass is 789 g/mol. The highest BCUT2D eigenvalue weighted by Crippen LogP contribution is 2.42. The number of carbonyl (C=O) groups is 2. The van der Waals surface area contributed by atoms with Gasteiger partial charge < -0.3 is 63.2 Å². The molecule has 0 aromatic heterocycles. The van der Waals surface area contributed by atoms with E-state index >= 15 is 0 Å². The molecule has 0 aromatic carbocycles. The third-order valence-corrected chi connectivity index (χ3v) is 12.8. The van der Waals surface area contributed by atoms with Crippen molar-refractivity contribution in [3.8, 4) is 0 Å². The van der Waals surface area contributed by atoms with Crippen molar-refractivity contribution in [2.24, 2.45) is 23.7 Å². The summed E-state index contributed by atoms with van der Waals surface area (Å²) in [4.78, 5) is 30.4.